The highest BCUT2D eigenvalue weighted by atomic mass is 16.5. The Hall–Kier alpha value is -2.97. The van der Waals surface area contributed by atoms with E-state index in [0.29, 0.717) is 11.5 Å². The van der Waals surface area contributed by atoms with Gasteiger partial charge in [0.2, 0.25) is 5.88 Å². The van der Waals surface area contributed by atoms with Gasteiger partial charge in [0.15, 0.2) is 11.5 Å². The molecule has 25 heavy (non-hydrogen) atoms. The molecule has 0 aromatic carbocycles. The van der Waals surface area contributed by atoms with Crippen LogP contribution in [0.3, 0.4) is 0 Å². The largest absolute Gasteiger partial charge is 0.480 e. The predicted molar refractivity (Wildman–Crippen MR) is 91.0 cm³/mol. The molecular formula is C16H19N7O2. The number of hydrogen-bond donors (Lipinski definition) is 0. The molecule has 9 heteroatoms. The van der Waals surface area contributed by atoms with E-state index in [-0.39, 0.29) is 11.5 Å². The van der Waals surface area contributed by atoms with Crippen molar-refractivity contribution in [3.05, 3.63) is 40.7 Å². The highest BCUT2D eigenvalue weighted by Crippen LogP contribution is 2.28. The molecule has 0 amide bonds. The third kappa shape index (κ3) is 2.81. The molecule has 4 heterocycles. The van der Waals surface area contributed by atoms with Crippen molar-refractivity contribution in [1.29, 1.82) is 0 Å². The smallest absolute Gasteiger partial charge is 0.255 e. The molecule has 1 saturated heterocycles. The first kappa shape index (κ1) is 15.6. The third-order valence-electron chi connectivity index (χ3n) is 4.62. The van der Waals surface area contributed by atoms with Crippen LogP contribution >= 0.6 is 0 Å². The van der Waals surface area contributed by atoms with E-state index in [2.05, 4.69) is 25.2 Å². The lowest BCUT2D eigenvalue weighted by molar-refractivity contribution is 0.386. The number of nitrogens with zero attached hydrogens (tertiary/aromatic N) is 7. The molecule has 0 unspecified atom stereocenters. The summed E-state index contributed by atoms with van der Waals surface area (Å²) in [5.41, 5.74) is 0.665. The van der Waals surface area contributed by atoms with Gasteiger partial charge >= 0.3 is 0 Å². The van der Waals surface area contributed by atoms with Gasteiger partial charge in [-0.1, -0.05) is 0 Å². The van der Waals surface area contributed by atoms with Crippen LogP contribution in [0.1, 0.15) is 24.6 Å². The molecule has 3 aromatic rings. The first-order chi connectivity index (χ1) is 12.2. The van der Waals surface area contributed by atoms with Gasteiger partial charge in [-0.3, -0.25) is 4.79 Å². The van der Waals surface area contributed by atoms with E-state index in [1.807, 2.05) is 6.07 Å². The molecule has 1 aliphatic heterocycles. The number of aromatic nitrogens is 6. The number of fused-ring (bicyclic) bond motifs is 1. The van der Waals surface area contributed by atoms with Crippen LogP contribution in [0.15, 0.2) is 29.3 Å². The van der Waals surface area contributed by atoms with E-state index >= 15 is 0 Å². The van der Waals surface area contributed by atoms with Crippen LogP contribution in [-0.2, 0) is 7.05 Å². The van der Waals surface area contributed by atoms with Crippen LogP contribution in [0.2, 0.25) is 0 Å². The van der Waals surface area contributed by atoms with Crippen molar-refractivity contribution in [2.75, 3.05) is 25.1 Å². The Balaban J connectivity index is 1.54. The Kier molecular flexibility index (Phi) is 3.83. The van der Waals surface area contributed by atoms with Crippen molar-refractivity contribution in [1.82, 2.24) is 29.4 Å². The fourth-order valence-corrected chi connectivity index (χ4v) is 3.14. The number of ether oxygens (including phenoxy) is 1. The molecule has 0 N–H and O–H groups in total. The average Bonchev–Trinajstić information content (AvgIpc) is 3.07. The van der Waals surface area contributed by atoms with E-state index in [0.717, 1.165) is 37.6 Å². The summed E-state index contributed by atoms with van der Waals surface area (Å²) in [5.74, 6) is 2.38. The van der Waals surface area contributed by atoms with Crippen molar-refractivity contribution in [2.45, 2.75) is 18.8 Å². The van der Waals surface area contributed by atoms with Gasteiger partial charge in [0.25, 0.3) is 5.56 Å². The quantitative estimate of drug-likeness (QED) is 0.689. The fraction of sp³-hybridized carbons (Fsp3) is 0.438. The zero-order valence-corrected chi connectivity index (χ0v) is 14.2. The zero-order valence-electron chi connectivity index (χ0n) is 14.2. The maximum Gasteiger partial charge on any atom is 0.255 e. The lowest BCUT2D eigenvalue weighted by atomic mass is 9.96. The Morgan fingerprint density at radius 1 is 1.20 bits per heavy atom. The van der Waals surface area contributed by atoms with Gasteiger partial charge in [0, 0.05) is 38.2 Å². The lowest BCUT2D eigenvalue weighted by Gasteiger charge is -2.31. The highest BCUT2D eigenvalue weighted by Gasteiger charge is 2.26. The number of aryl methyl sites for hydroxylation is 1. The van der Waals surface area contributed by atoms with Crippen molar-refractivity contribution >= 4 is 11.5 Å². The van der Waals surface area contributed by atoms with Gasteiger partial charge in [0.1, 0.15) is 5.82 Å². The Labute approximate surface area is 143 Å². The molecule has 0 bridgehead atoms. The molecule has 0 spiro atoms. The van der Waals surface area contributed by atoms with E-state index in [1.165, 1.54) is 4.57 Å². The summed E-state index contributed by atoms with van der Waals surface area (Å²) in [6, 6.07) is 5.21. The van der Waals surface area contributed by atoms with E-state index in [4.69, 9.17) is 4.74 Å². The van der Waals surface area contributed by atoms with Crippen molar-refractivity contribution in [3.8, 4) is 5.88 Å². The van der Waals surface area contributed by atoms with Crippen molar-refractivity contribution in [3.63, 3.8) is 0 Å². The fourth-order valence-electron chi connectivity index (χ4n) is 3.14. The molecule has 9 nitrogen and oxygen atoms in total. The Bertz CT molecular complexity index is 957. The van der Waals surface area contributed by atoms with E-state index < -0.39 is 0 Å². The Morgan fingerprint density at radius 2 is 2.00 bits per heavy atom. The predicted octanol–water partition coefficient (Wildman–Crippen LogP) is 0.611. The summed E-state index contributed by atoms with van der Waals surface area (Å²) in [7, 11) is 3.29. The molecule has 0 saturated carbocycles. The maximum atomic E-state index is 11.8. The van der Waals surface area contributed by atoms with Crippen LogP contribution < -0.4 is 15.2 Å². The van der Waals surface area contributed by atoms with Crippen LogP contribution in [0, 0.1) is 0 Å². The van der Waals surface area contributed by atoms with Crippen LogP contribution in [-0.4, -0.2) is 49.6 Å². The van der Waals surface area contributed by atoms with Crippen molar-refractivity contribution < 1.29 is 4.74 Å². The first-order valence-corrected chi connectivity index (χ1v) is 8.19. The SMILES string of the molecule is COc1ccc2nnc(C3CCN(c4cc(=O)n(C)cn4)CC3)n2n1. The number of rotatable bonds is 3. The minimum atomic E-state index is -0.0492. The Morgan fingerprint density at radius 3 is 2.72 bits per heavy atom. The van der Waals surface area contributed by atoms with Crippen LogP contribution in [0.4, 0.5) is 5.82 Å². The highest BCUT2D eigenvalue weighted by molar-refractivity contribution is 5.39. The number of anilines is 1. The molecule has 4 rings (SSSR count). The van der Waals surface area contributed by atoms with Crippen LogP contribution in [0.5, 0.6) is 5.88 Å². The van der Waals surface area contributed by atoms with Gasteiger partial charge < -0.3 is 14.2 Å². The summed E-state index contributed by atoms with van der Waals surface area (Å²) in [6.45, 7) is 1.62. The molecule has 0 aliphatic carbocycles. The minimum absolute atomic E-state index is 0.0492. The first-order valence-electron chi connectivity index (χ1n) is 8.19. The molecule has 0 atom stereocenters. The average molecular weight is 341 g/mol. The summed E-state index contributed by atoms with van der Waals surface area (Å²) in [5, 5.41) is 12.9. The summed E-state index contributed by atoms with van der Waals surface area (Å²) in [4.78, 5) is 18.3. The van der Waals surface area contributed by atoms with Gasteiger partial charge in [0.05, 0.1) is 13.4 Å². The summed E-state index contributed by atoms with van der Waals surface area (Å²) >= 11 is 0. The minimum Gasteiger partial charge on any atom is -0.480 e. The second-order valence-electron chi connectivity index (χ2n) is 6.16. The van der Waals surface area contributed by atoms with Crippen molar-refractivity contribution in [2.24, 2.45) is 7.05 Å². The monoisotopic (exact) mass is 341 g/mol. The molecule has 0 radical (unpaired) electrons. The maximum absolute atomic E-state index is 11.8. The molecular weight excluding hydrogens is 322 g/mol. The zero-order chi connectivity index (χ0) is 17.4. The van der Waals surface area contributed by atoms with Gasteiger partial charge in [-0.05, 0) is 18.9 Å². The second kappa shape index (κ2) is 6.15. The second-order valence-corrected chi connectivity index (χ2v) is 6.16. The number of methoxy groups -OCH3 is 1. The molecule has 3 aromatic heterocycles. The van der Waals surface area contributed by atoms with E-state index in [1.54, 1.807) is 37.1 Å². The van der Waals surface area contributed by atoms with Gasteiger partial charge in [-0.25, -0.2) is 4.98 Å². The summed E-state index contributed by atoms with van der Waals surface area (Å²) in [6.07, 6.45) is 3.36. The number of hydrogen-bond acceptors (Lipinski definition) is 7. The molecule has 1 fully saturated rings. The molecule has 130 valence electrons. The summed E-state index contributed by atoms with van der Waals surface area (Å²) < 4.78 is 8.42. The standard InChI is InChI=1S/C16H19N7O2/c1-21-10-17-13(9-15(21)24)22-7-5-11(6-8-22)16-19-18-12-3-4-14(25-2)20-23(12)16/h3-4,9-11H,5-8H2,1-2H3. The van der Waals surface area contributed by atoms with E-state index in [9.17, 15) is 4.79 Å². The van der Waals surface area contributed by atoms with Crippen LogP contribution in [0.25, 0.3) is 5.65 Å². The van der Waals surface area contributed by atoms with Gasteiger partial charge in [-0.15, -0.1) is 15.3 Å². The topological polar surface area (TPSA) is 90.4 Å². The molecule has 1 aliphatic rings. The normalized spacial score (nSPS) is 15.7. The lowest BCUT2D eigenvalue weighted by Crippen LogP contribution is -2.35. The third-order valence-corrected chi connectivity index (χ3v) is 4.62. The number of piperidine rings is 1. The van der Waals surface area contributed by atoms with Gasteiger partial charge in [-0.2, -0.15) is 4.52 Å².